The van der Waals surface area contributed by atoms with Gasteiger partial charge in [-0.15, -0.1) is 0 Å². The first-order valence-corrected chi connectivity index (χ1v) is 3.46. The van der Waals surface area contributed by atoms with Crippen molar-refractivity contribution in [1.29, 1.82) is 0 Å². The zero-order chi connectivity index (χ0) is 7.07. The smallest absolute Gasteiger partial charge is 0.109 e. The van der Waals surface area contributed by atoms with Crippen molar-refractivity contribution < 1.29 is 5.11 Å². The van der Waals surface area contributed by atoms with Gasteiger partial charge in [-0.05, 0) is 27.2 Å². The van der Waals surface area contributed by atoms with Crippen LogP contribution < -0.4 is 0 Å². The van der Waals surface area contributed by atoms with E-state index in [0.29, 0.717) is 0 Å². The molecule has 1 N–H and O–H groups in total. The predicted molar refractivity (Wildman–Crippen MR) is 37.1 cm³/mol. The fourth-order valence-electron chi connectivity index (χ4n) is 1.16. The number of hydrogen-bond donors (Lipinski definition) is 1. The van der Waals surface area contributed by atoms with Crippen molar-refractivity contribution in [3.63, 3.8) is 0 Å². The maximum absolute atomic E-state index is 9.17. The van der Waals surface area contributed by atoms with E-state index < -0.39 is 0 Å². The predicted octanol–water partition coefficient (Wildman–Crippen LogP) is 0.809. The third-order valence-electron chi connectivity index (χ3n) is 1.85. The van der Waals surface area contributed by atoms with Gasteiger partial charge in [-0.1, -0.05) is 0 Å². The first-order chi connectivity index (χ1) is 4.02. The van der Waals surface area contributed by atoms with Gasteiger partial charge in [0.05, 0.1) is 0 Å². The Balaban J connectivity index is 2.44. The number of aliphatic hydroxyl groups excluding tert-OH is 1. The second-order valence-corrected chi connectivity index (χ2v) is 3.63. The van der Waals surface area contributed by atoms with Gasteiger partial charge in [0.25, 0.3) is 0 Å². The van der Waals surface area contributed by atoms with Gasteiger partial charge < -0.3 is 5.11 Å². The van der Waals surface area contributed by atoms with E-state index in [1.807, 2.05) is 0 Å². The summed E-state index contributed by atoms with van der Waals surface area (Å²) in [6, 6.07) is 0. The molecule has 0 aliphatic carbocycles. The Labute approximate surface area is 56.5 Å². The molecule has 0 saturated carbocycles. The van der Waals surface area contributed by atoms with E-state index in [-0.39, 0.29) is 11.8 Å². The Morgan fingerprint density at radius 2 is 2.00 bits per heavy atom. The minimum Gasteiger partial charge on any atom is -0.378 e. The summed E-state index contributed by atoms with van der Waals surface area (Å²) in [5.74, 6) is 0. The summed E-state index contributed by atoms with van der Waals surface area (Å²) in [7, 11) is 0. The average molecular weight is 129 g/mol. The summed E-state index contributed by atoms with van der Waals surface area (Å²) in [5, 5.41) is 9.17. The molecule has 2 heteroatoms. The van der Waals surface area contributed by atoms with Gasteiger partial charge in [-0.25, -0.2) is 0 Å². The van der Waals surface area contributed by atoms with Crippen LogP contribution in [0.15, 0.2) is 0 Å². The van der Waals surface area contributed by atoms with Crippen molar-refractivity contribution in [2.24, 2.45) is 0 Å². The molecule has 0 radical (unpaired) electrons. The highest BCUT2D eigenvalue weighted by Gasteiger charge is 2.34. The molecular formula is C7H15NO. The minimum atomic E-state index is -0.176. The molecule has 0 aromatic rings. The molecule has 0 bridgehead atoms. The molecule has 1 rings (SSSR count). The quantitative estimate of drug-likeness (QED) is 0.523. The van der Waals surface area contributed by atoms with Gasteiger partial charge in [-0.3, -0.25) is 4.90 Å². The van der Waals surface area contributed by atoms with E-state index in [2.05, 4.69) is 25.7 Å². The van der Waals surface area contributed by atoms with Crippen LogP contribution in [0.4, 0.5) is 0 Å². The number of likely N-dealkylation sites (tertiary alicyclic amines) is 1. The van der Waals surface area contributed by atoms with Gasteiger partial charge in [-0.2, -0.15) is 0 Å². The normalized spacial score (nSPS) is 30.0. The number of nitrogens with zero attached hydrogens (tertiary/aromatic N) is 1. The monoisotopic (exact) mass is 129 g/mol. The van der Waals surface area contributed by atoms with E-state index in [1.54, 1.807) is 0 Å². The summed E-state index contributed by atoms with van der Waals surface area (Å²) < 4.78 is 0. The van der Waals surface area contributed by atoms with E-state index in [0.717, 1.165) is 13.0 Å². The molecule has 0 aromatic heterocycles. The highest BCUT2D eigenvalue weighted by Crippen LogP contribution is 2.24. The van der Waals surface area contributed by atoms with Crippen LogP contribution in [0.1, 0.15) is 27.2 Å². The Bertz CT molecular complexity index is 106. The molecule has 0 aromatic carbocycles. The third kappa shape index (κ3) is 1.25. The third-order valence-corrected chi connectivity index (χ3v) is 1.85. The van der Waals surface area contributed by atoms with Gasteiger partial charge in [0.1, 0.15) is 6.23 Å². The van der Waals surface area contributed by atoms with Gasteiger partial charge in [0, 0.05) is 12.1 Å². The molecule has 54 valence electrons. The van der Waals surface area contributed by atoms with Crippen LogP contribution in [0, 0.1) is 0 Å². The van der Waals surface area contributed by atoms with Gasteiger partial charge >= 0.3 is 0 Å². The zero-order valence-corrected chi connectivity index (χ0v) is 6.39. The van der Waals surface area contributed by atoms with Crippen molar-refractivity contribution in [2.45, 2.75) is 39.0 Å². The number of hydrogen-bond acceptors (Lipinski definition) is 2. The van der Waals surface area contributed by atoms with E-state index >= 15 is 0 Å². The molecule has 1 heterocycles. The van der Waals surface area contributed by atoms with Crippen molar-refractivity contribution in [3.8, 4) is 0 Å². The molecule has 1 fully saturated rings. The highest BCUT2D eigenvalue weighted by molar-refractivity contribution is 4.85. The fraction of sp³-hybridized carbons (Fsp3) is 1.00. The van der Waals surface area contributed by atoms with Crippen molar-refractivity contribution in [3.05, 3.63) is 0 Å². The summed E-state index contributed by atoms with van der Waals surface area (Å²) in [4.78, 5) is 2.09. The molecule has 9 heavy (non-hydrogen) atoms. The molecule has 2 nitrogen and oxygen atoms in total. The van der Waals surface area contributed by atoms with Crippen LogP contribution in [0.5, 0.6) is 0 Å². The van der Waals surface area contributed by atoms with E-state index in [4.69, 9.17) is 5.11 Å². The van der Waals surface area contributed by atoms with Crippen LogP contribution >= 0.6 is 0 Å². The standard InChI is InChI=1S/C7H15NO/c1-7(2,3)8-5-4-6(8)9/h6,9H,4-5H2,1-3H3. The fourth-order valence-corrected chi connectivity index (χ4v) is 1.16. The molecule has 1 saturated heterocycles. The molecule has 1 unspecified atom stereocenters. The van der Waals surface area contributed by atoms with E-state index in [9.17, 15) is 0 Å². The lowest BCUT2D eigenvalue weighted by Gasteiger charge is -2.46. The maximum atomic E-state index is 9.17. The Hall–Kier alpha value is -0.0800. The number of rotatable bonds is 0. The zero-order valence-electron chi connectivity index (χ0n) is 6.39. The first-order valence-electron chi connectivity index (χ1n) is 3.46. The van der Waals surface area contributed by atoms with Crippen molar-refractivity contribution in [2.75, 3.05) is 6.54 Å². The topological polar surface area (TPSA) is 23.5 Å². The lowest BCUT2D eigenvalue weighted by Crippen LogP contribution is -2.56. The van der Waals surface area contributed by atoms with Crippen LogP contribution in [-0.4, -0.2) is 28.3 Å². The SMILES string of the molecule is CC(C)(C)N1CCC1O. The number of aliphatic hydroxyl groups is 1. The minimum absolute atomic E-state index is 0.150. The molecule has 1 atom stereocenters. The van der Waals surface area contributed by atoms with Gasteiger partial charge in [0.2, 0.25) is 0 Å². The summed E-state index contributed by atoms with van der Waals surface area (Å²) >= 11 is 0. The molecule has 1 aliphatic heterocycles. The Kier molecular flexibility index (Phi) is 1.53. The molecule has 0 spiro atoms. The van der Waals surface area contributed by atoms with Crippen LogP contribution in [0.2, 0.25) is 0 Å². The lowest BCUT2D eigenvalue weighted by molar-refractivity contribution is -0.122. The van der Waals surface area contributed by atoms with Gasteiger partial charge in [0.15, 0.2) is 0 Å². The Morgan fingerprint density at radius 3 is 2.00 bits per heavy atom. The van der Waals surface area contributed by atoms with Crippen molar-refractivity contribution >= 4 is 0 Å². The molecule has 1 aliphatic rings. The molecular weight excluding hydrogens is 114 g/mol. The lowest BCUT2D eigenvalue weighted by atomic mass is 9.99. The Morgan fingerprint density at radius 1 is 1.44 bits per heavy atom. The molecule has 0 amide bonds. The average Bonchev–Trinajstić information content (AvgIpc) is 1.57. The summed E-state index contributed by atoms with van der Waals surface area (Å²) in [6.07, 6.45) is 0.766. The second-order valence-electron chi connectivity index (χ2n) is 3.63. The largest absolute Gasteiger partial charge is 0.378 e. The first kappa shape index (κ1) is 7.03. The van der Waals surface area contributed by atoms with Crippen molar-refractivity contribution in [1.82, 2.24) is 4.90 Å². The van der Waals surface area contributed by atoms with Crippen LogP contribution in [0.25, 0.3) is 0 Å². The highest BCUT2D eigenvalue weighted by atomic mass is 16.3. The maximum Gasteiger partial charge on any atom is 0.109 e. The van der Waals surface area contributed by atoms with E-state index in [1.165, 1.54) is 0 Å². The van der Waals surface area contributed by atoms with Crippen LogP contribution in [-0.2, 0) is 0 Å². The summed E-state index contributed by atoms with van der Waals surface area (Å²) in [6.45, 7) is 7.41. The summed E-state index contributed by atoms with van der Waals surface area (Å²) in [5.41, 5.74) is 0.150. The van der Waals surface area contributed by atoms with Crippen LogP contribution in [0.3, 0.4) is 0 Å². The second kappa shape index (κ2) is 1.96.